The van der Waals surface area contributed by atoms with Crippen molar-refractivity contribution in [1.29, 1.82) is 0 Å². The molecule has 1 aliphatic heterocycles. The molecule has 1 heterocycles. The third-order valence-electron chi connectivity index (χ3n) is 5.87. The minimum absolute atomic E-state index is 0.137. The van der Waals surface area contributed by atoms with Gasteiger partial charge in [0.25, 0.3) is 0 Å². The fraction of sp³-hybridized carbons (Fsp3) is 0.435. The van der Waals surface area contributed by atoms with Crippen molar-refractivity contribution in [3.63, 3.8) is 0 Å². The summed E-state index contributed by atoms with van der Waals surface area (Å²) in [6.45, 7) is 8.10. The molecule has 0 aromatic heterocycles. The molecule has 2 aromatic rings. The third kappa shape index (κ3) is 5.86. The van der Waals surface area contributed by atoms with Crippen LogP contribution < -0.4 is 5.32 Å². The first-order valence-corrected chi connectivity index (χ1v) is 12.4. The van der Waals surface area contributed by atoms with Gasteiger partial charge in [0, 0.05) is 36.9 Å². The Hall–Kier alpha value is -1.93. The maximum atomic E-state index is 13.0. The highest BCUT2D eigenvalue weighted by Crippen LogP contribution is 2.23. The van der Waals surface area contributed by atoms with Crippen LogP contribution in [0.25, 0.3) is 0 Å². The van der Waals surface area contributed by atoms with Crippen LogP contribution >= 0.6 is 11.6 Å². The summed E-state index contributed by atoms with van der Waals surface area (Å²) in [7, 11) is -3.53. The van der Waals surface area contributed by atoms with Crippen LogP contribution in [0.4, 0.5) is 5.69 Å². The fourth-order valence-electron chi connectivity index (χ4n) is 3.60. The van der Waals surface area contributed by atoms with E-state index >= 15 is 0 Å². The molecule has 1 amide bonds. The number of halogens is 1. The van der Waals surface area contributed by atoms with Crippen LogP contribution in [0.1, 0.15) is 37.3 Å². The van der Waals surface area contributed by atoms with Gasteiger partial charge in [-0.15, -0.1) is 0 Å². The highest BCUT2D eigenvalue weighted by molar-refractivity contribution is 7.89. The zero-order valence-corrected chi connectivity index (χ0v) is 19.8. The van der Waals surface area contributed by atoms with Crippen molar-refractivity contribution < 1.29 is 13.2 Å². The van der Waals surface area contributed by atoms with Gasteiger partial charge in [-0.25, -0.2) is 8.42 Å². The number of piperazine rings is 1. The molecule has 2 aromatic carbocycles. The van der Waals surface area contributed by atoms with Gasteiger partial charge in [-0.2, -0.15) is 4.31 Å². The summed E-state index contributed by atoms with van der Waals surface area (Å²) >= 11 is 6.01. The summed E-state index contributed by atoms with van der Waals surface area (Å²) < 4.78 is 27.5. The molecule has 1 unspecified atom stereocenters. The summed E-state index contributed by atoms with van der Waals surface area (Å²) in [5.74, 6) is 0.268. The number of sulfonamides is 1. The molecule has 31 heavy (non-hydrogen) atoms. The van der Waals surface area contributed by atoms with Gasteiger partial charge < -0.3 is 5.32 Å². The molecule has 0 aliphatic carbocycles. The van der Waals surface area contributed by atoms with Crippen LogP contribution in [-0.2, 0) is 14.8 Å². The molecule has 0 radical (unpaired) electrons. The summed E-state index contributed by atoms with van der Waals surface area (Å²) in [4.78, 5) is 14.7. The predicted molar refractivity (Wildman–Crippen MR) is 125 cm³/mol. The molecule has 168 valence electrons. The number of carbonyl (C=O) groups is 1. The van der Waals surface area contributed by atoms with Crippen molar-refractivity contribution in [3.8, 4) is 0 Å². The van der Waals surface area contributed by atoms with Gasteiger partial charge in [-0.3, -0.25) is 9.69 Å². The molecular formula is C23H30ClN3O3S. The Labute approximate surface area is 190 Å². The van der Waals surface area contributed by atoms with Crippen LogP contribution in [0.3, 0.4) is 0 Å². The van der Waals surface area contributed by atoms with Gasteiger partial charge in [0.1, 0.15) is 0 Å². The first-order chi connectivity index (χ1) is 14.7. The van der Waals surface area contributed by atoms with Crippen molar-refractivity contribution in [2.24, 2.45) is 0 Å². The van der Waals surface area contributed by atoms with E-state index in [9.17, 15) is 13.2 Å². The molecule has 0 bridgehead atoms. The average Bonchev–Trinajstić information content (AvgIpc) is 2.76. The van der Waals surface area contributed by atoms with Crippen LogP contribution in [0.2, 0.25) is 5.02 Å². The van der Waals surface area contributed by atoms with Crippen LogP contribution in [0.15, 0.2) is 47.4 Å². The number of amides is 1. The van der Waals surface area contributed by atoms with Crippen LogP contribution in [-0.4, -0.2) is 56.3 Å². The van der Waals surface area contributed by atoms with Crippen molar-refractivity contribution in [1.82, 2.24) is 9.21 Å². The van der Waals surface area contributed by atoms with Gasteiger partial charge in [-0.05, 0) is 54.7 Å². The van der Waals surface area contributed by atoms with E-state index in [2.05, 4.69) is 19.2 Å². The number of hydrogen-bond acceptors (Lipinski definition) is 4. The Balaban J connectivity index is 1.56. The lowest BCUT2D eigenvalue weighted by atomic mass is 9.99. The predicted octanol–water partition coefficient (Wildman–Crippen LogP) is 4.11. The summed E-state index contributed by atoms with van der Waals surface area (Å²) in [6.07, 6.45) is 1.01. The van der Waals surface area contributed by atoms with E-state index in [1.54, 1.807) is 24.3 Å². The van der Waals surface area contributed by atoms with Gasteiger partial charge in [0.15, 0.2) is 0 Å². The van der Waals surface area contributed by atoms with E-state index < -0.39 is 10.0 Å². The van der Waals surface area contributed by atoms with Gasteiger partial charge in [-0.1, -0.05) is 43.6 Å². The summed E-state index contributed by atoms with van der Waals surface area (Å²) in [5, 5.41) is 3.45. The lowest BCUT2D eigenvalue weighted by molar-refractivity contribution is -0.117. The largest absolute Gasteiger partial charge is 0.325 e. The molecule has 6 nitrogen and oxygen atoms in total. The summed E-state index contributed by atoms with van der Waals surface area (Å²) in [6, 6.07) is 12.6. The Morgan fingerprint density at radius 1 is 1.10 bits per heavy atom. The maximum Gasteiger partial charge on any atom is 0.243 e. The van der Waals surface area contributed by atoms with Crippen LogP contribution in [0.5, 0.6) is 0 Å². The topological polar surface area (TPSA) is 69.7 Å². The number of nitrogens with one attached hydrogen (secondary N) is 1. The number of carbonyl (C=O) groups excluding carboxylic acids is 1. The highest BCUT2D eigenvalue weighted by atomic mass is 35.5. The lowest BCUT2D eigenvalue weighted by Crippen LogP contribution is -2.50. The fourth-order valence-corrected chi connectivity index (χ4v) is 5.20. The number of rotatable bonds is 7. The number of nitrogens with zero attached hydrogens (tertiary/aromatic N) is 2. The van der Waals surface area contributed by atoms with E-state index in [-0.39, 0.29) is 12.5 Å². The SMILES string of the molecule is CCC(C)c1ccc(S(=O)(=O)N2CCN(CC(=O)Nc3cc(Cl)ccc3C)CC2)cc1. The second-order valence-corrected chi connectivity index (χ2v) is 10.4. The van der Waals surface area contributed by atoms with Gasteiger partial charge in [0.2, 0.25) is 15.9 Å². The van der Waals surface area contributed by atoms with E-state index in [0.29, 0.717) is 47.7 Å². The molecule has 1 N–H and O–H groups in total. The van der Waals surface area contributed by atoms with Crippen molar-refractivity contribution in [2.45, 2.75) is 38.0 Å². The normalized spacial score (nSPS) is 16.8. The minimum atomic E-state index is -3.53. The lowest BCUT2D eigenvalue weighted by Gasteiger charge is -2.33. The number of aryl methyl sites for hydroxylation is 1. The summed E-state index contributed by atoms with van der Waals surface area (Å²) in [5.41, 5.74) is 2.78. The first kappa shape index (κ1) is 23.7. The molecule has 1 fully saturated rings. The third-order valence-corrected chi connectivity index (χ3v) is 8.02. The average molecular weight is 464 g/mol. The molecule has 8 heteroatoms. The number of hydrogen-bond donors (Lipinski definition) is 1. The van der Waals surface area contributed by atoms with Gasteiger partial charge >= 0.3 is 0 Å². The van der Waals surface area contributed by atoms with Crippen LogP contribution in [0, 0.1) is 6.92 Å². The molecule has 1 saturated heterocycles. The Morgan fingerprint density at radius 3 is 2.35 bits per heavy atom. The molecule has 0 spiro atoms. The van der Waals surface area contributed by atoms with E-state index in [0.717, 1.165) is 17.5 Å². The standard InChI is InChI=1S/C23H30ClN3O3S/c1-4-17(2)19-6-9-21(10-7-19)31(29,30)27-13-11-26(12-14-27)16-23(28)25-22-15-20(24)8-5-18(22)3/h5-10,15,17H,4,11-14,16H2,1-3H3,(H,25,28). The Bertz CT molecular complexity index is 1020. The minimum Gasteiger partial charge on any atom is -0.325 e. The smallest absolute Gasteiger partial charge is 0.243 e. The number of anilines is 1. The molecular weight excluding hydrogens is 434 g/mol. The zero-order chi connectivity index (χ0) is 22.6. The van der Waals surface area contributed by atoms with Gasteiger partial charge in [0.05, 0.1) is 11.4 Å². The Kier molecular flexibility index (Phi) is 7.75. The van der Waals surface area contributed by atoms with Crippen molar-refractivity contribution in [3.05, 3.63) is 58.6 Å². The van der Waals surface area contributed by atoms with Crippen molar-refractivity contribution in [2.75, 3.05) is 38.0 Å². The van der Waals surface area contributed by atoms with E-state index in [1.165, 1.54) is 4.31 Å². The molecule has 0 saturated carbocycles. The maximum absolute atomic E-state index is 13.0. The monoisotopic (exact) mass is 463 g/mol. The zero-order valence-electron chi connectivity index (χ0n) is 18.3. The number of benzene rings is 2. The van der Waals surface area contributed by atoms with Crippen molar-refractivity contribution >= 4 is 33.2 Å². The molecule has 1 aliphatic rings. The first-order valence-electron chi connectivity index (χ1n) is 10.6. The second-order valence-electron chi connectivity index (χ2n) is 8.07. The van der Waals surface area contributed by atoms with E-state index in [4.69, 9.17) is 11.6 Å². The quantitative estimate of drug-likeness (QED) is 0.670. The molecule has 3 rings (SSSR count). The molecule has 1 atom stereocenters. The van der Waals surface area contributed by atoms with E-state index in [1.807, 2.05) is 30.0 Å². The highest BCUT2D eigenvalue weighted by Gasteiger charge is 2.29. The Morgan fingerprint density at radius 2 is 1.74 bits per heavy atom. The second kappa shape index (κ2) is 10.1.